The molecule has 0 unspecified atom stereocenters. The van der Waals surface area contributed by atoms with Crippen molar-refractivity contribution in [3.63, 3.8) is 0 Å². The molecule has 0 aromatic carbocycles. The molecular weight excluding hydrogens is 238 g/mol. The van der Waals surface area contributed by atoms with Gasteiger partial charge in [-0.1, -0.05) is 25.7 Å². The highest BCUT2D eigenvalue weighted by Crippen LogP contribution is 2.22. The molecule has 1 N–H and O–H groups in total. The summed E-state index contributed by atoms with van der Waals surface area (Å²) in [5.41, 5.74) is 0.714. The number of nitrogens with zero attached hydrogens (tertiary/aromatic N) is 2. The third-order valence-corrected chi connectivity index (χ3v) is 3.96. The van der Waals surface area contributed by atoms with E-state index in [-0.39, 0.29) is 5.91 Å². The molecule has 2 rings (SSSR count). The Morgan fingerprint density at radius 1 is 1.32 bits per heavy atom. The van der Waals surface area contributed by atoms with Gasteiger partial charge in [0.05, 0.1) is 0 Å². The minimum atomic E-state index is 0.103. The molecule has 1 aliphatic carbocycles. The molecule has 19 heavy (non-hydrogen) atoms. The van der Waals surface area contributed by atoms with Gasteiger partial charge in [0.25, 0.3) is 5.91 Å². The molecule has 0 spiro atoms. The van der Waals surface area contributed by atoms with Crippen LogP contribution in [0.2, 0.25) is 0 Å². The molecule has 104 valence electrons. The Kier molecular flexibility index (Phi) is 4.77. The summed E-state index contributed by atoms with van der Waals surface area (Å²) in [6.45, 7) is 0. The van der Waals surface area contributed by atoms with Crippen LogP contribution in [0.4, 0.5) is 5.82 Å². The van der Waals surface area contributed by atoms with Crippen molar-refractivity contribution >= 4 is 11.7 Å². The van der Waals surface area contributed by atoms with E-state index in [1.807, 2.05) is 25.1 Å². The molecule has 0 saturated heterocycles. The fourth-order valence-corrected chi connectivity index (χ4v) is 2.71. The highest BCUT2D eigenvalue weighted by Gasteiger charge is 2.22. The minimum Gasteiger partial charge on any atom is -0.373 e. The van der Waals surface area contributed by atoms with E-state index in [9.17, 15) is 4.79 Å². The Morgan fingerprint density at radius 2 is 2.00 bits per heavy atom. The summed E-state index contributed by atoms with van der Waals surface area (Å²) < 4.78 is 0. The zero-order chi connectivity index (χ0) is 13.7. The molecule has 1 aromatic heterocycles. The number of carbonyl (C=O) groups is 1. The number of aromatic nitrogens is 1. The number of nitrogens with one attached hydrogen (secondary N) is 1. The summed E-state index contributed by atoms with van der Waals surface area (Å²) in [5, 5.41) is 2.97. The SMILES string of the molecule is CNc1cc(C(=O)N(C)C2CCCCCC2)ccn1. The van der Waals surface area contributed by atoms with Crippen molar-refractivity contribution in [3.05, 3.63) is 23.9 Å². The van der Waals surface area contributed by atoms with E-state index in [2.05, 4.69) is 10.3 Å². The van der Waals surface area contributed by atoms with Gasteiger partial charge in [-0.05, 0) is 25.0 Å². The van der Waals surface area contributed by atoms with Crippen LogP contribution in [0, 0.1) is 0 Å². The van der Waals surface area contributed by atoms with E-state index in [0.717, 1.165) is 18.7 Å². The average Bonchev–Trinajstić information content (AvgIpc) is 2.75. The third-order valence-electron chi connectivity index (χ3n) is 3.96. The second kappa shape index (κ2) is 6.55. The Hall–Kier alpha value is -1.58. The van der Waals surface area contributed by atoms with Gasteiger partial charge in [0.15, 0.2) is 0 Å². The van der Waals surface area contributed by atoms with Crippen LogP contribution in [0.3, 0.4) is 0 Å². The summed E-state index contributed by atoms with van der Waals surface area (Å²) in [5.74, 6) is 0.839. The van der Waals surface area contributed by atoms with Crippen LogP contribution in [0.1, 0.15) is 48.9 Å². The van der Waals surface area contributed by atoms with Gasteiger partial charge in [0.1, 0.15) is 5.82 Å². The molecule has 1 amide bonds. The van der Waals surface area contributed by atoms with Gasteiger partial charge in [-0.3, -0.25) is 4.79 Å². The normalized spacial score (nSPS) is 16.7. The number of amides is 1. The van der Waals surface area contributed by atoms with Gasteiger partial charge in [0, 0.05) is 31.9 Å². The quantitative estimate of drug-likeness (QED) is 0.851. The number of hydrogen-bond acceptors (Lipinski definition) is 3. The third kappa shape index (κ3) is 3.46. The first-order valence-corrected chi connectivity index (χ1v) is 7.13. The first-order chi connectivity index (χ1) is 9.22. The second-order valence-corrected chi connectivity index (χ2v) is 5.24. The van der Waals surface area contributed by atoms with E-state index in [1.54, 1.807) is 12.3 Å². The van der Waals surface area contributed by atoms with Gasteiger partial charge in [-0.15, -0.1) is 0 Å². The first kappa shape index (κ1) is 13.8. The van der Waals surface area contributed by atoms with E-state index < -0.39 is 0 Å². The Balaban J connectivity index is 2.08. The van der Waals surface area contributed by atoms with Crippen LogP contribution < -0.4 is 5.32 Å². The van der Waals surface area contributed by atoms with Crippen molar-refractivity contribution < 1.29 is 4.79 Å². The standard InChI is InChI=1S/C15H23N3O/c1-16-14-11-12(9-10-17-14)15(19)18(2)13-7-5-3-4-6-8-13/h9-11,13H,3-8H2,1-2H3,(H,16,17). The van der Waals surface area contributed by atoms with Crippen molar-refractivity contribution in [2.75, 3.05) is 19.4 Å². The predicted octanol–water partition coefficient (Wildman–Crippen LogP) is 2.92. The molecule has 1 heterocycles. The molecule has 1 fully saturated rings. The van der Waals surface area contributed by atoms with Crippen molar-refractivity contribution in [1.29, 1.82) is 0 Å². The summed E-state index contributed by atoms with van der Waals surface area (Å²) >= 11 is 0. The molecule has 1 aliphatic rings. The summed E-state index contributed by atoms with van der Waals surface area (Å²) in [6, 6.07) is 3.99. The molecule has 1 saturated carbocycles. The van der Waals surface area contributed by atoms with Crippen LogP contribution in [0.25, 0.3) is 0 Å². The monoisotopic (exact) mass is 261 g/mol. The largest absolute Gasteiger partial charge is 0.373 e. The molecule has 4 nitrogen and oxygen atoms in total. The number of rotatable bonds is 3. The Labute approximate surface area is 115 Å². The topological polar surface area (TPSA) is 45.2 Å². The molecule has 1 aromatic rings. The highest BCUT2D eigenvalue weighted by atomic mass is 16.2. The van der Waals surface area contributed by atoms with Crippen LogP contribution in [0.5, 0.6) is 0 Å². The lowest BCUT2D eigenvalue weighted by Gasteiger charge is -2.27. The minimum absolute atomic E-state index is 0.103. The number of anilines is 1. The van der Waals surface area contributed by atoms with Crippen molar-refractivity contribution in [2.24, 2.45) is 0 Å². The van der Waals surface area contributed by atoms with Crippen LogP contribution in [-0.4, -0.2) is 35.9 Å². The van der Waals surface area contributed by atoms with Crippen LogP contribution >= 0.6 is 0 Å². The maximum absolute atomic E-state index is 12.5. The van der Waals surface area contributed by atoms with Gasteiger partial charge in [-0.2, -0.15) is 0 Å². The zero-order valence-corrected chi connectivity index (χ0v) is 11.9. The lowest BCUT2D eigenvalue weighted by Crippen LogP contribution is -2.36. The molecule has 0 bridgehead atoms. The lowest BCUT2D eigenvalue weighted by molar-refractivity contribution is 0.0717. The van der Waals surface area contributed by atoms with Crippen molar-refractivity contribution in [3.8, 4) is 0 Å². The second-order valence-electron chi connectivity index (χ2n) is 5.24. The van der Waals surface area contributed by atoms with E-state index in [0.29, 0.717) is 11.6 Å². The first-order valence-electron chi connectivity index (χ1n) is 7.13. The van der Waals surface area contributed by atoms with Crippen molar-refractivity contribution in [2.45, 2.75) is 44.6 Å². The van der Waals surface area contributed by atoms with Gasteiger partial charge in [0.2, 0.25) is 0 Å². The predicted molar refractivity (Wildman–Crippen MR) is 77.4 cm³/mol. The number of carbonyl (C=O) groups excluding carboxylic acids is 1. The van der Waals surface area contributed by atoms with Crippen LogP contribution in [0.15, 0.2) is 18.3 Å². The Bertz CT molecular complexity index is 425. The molecular formula is C15H23N3O. The summed E-state index contributed by atoms with van der Waals surface area (Å²) in [7, 11) is 3.74. The van der Waals surface area contributed by atoms with E-state index in [1.165, 1.54) is 25.7 Å². The summed E-state index contributed by atoms with van der Waals surface area (Å²) in [6.07, 6.45) is 9.02. The maximum Gasteiger partial charge on any atom is 0.254 e. The maximum atomic E-state index is 12.5. The highest BCUT2D eigenvalue weighted by molar-refractivity contribution is 5.94. The van der Waals surface area contributed by atoms with Gasteiger partial charge < -0.3 is 10.2 Å². The smallest absolute Gasteiger partial charge is 0.254 e. The Morgan fingerprint density at radius 3 is 2.63 bits per heavy atom. The van der Waals surface area contributed by atoms with Gasteiger partial charge >= 0.3 is 0 Å². The van der Waals surface area contributed by atoms with Crippen molar-refractivity contribution in [1.82, 2.24) is 9.88 Å². The van der Waals surface area contributed by atoms with E-state index in [4.69, 9.17) is 0 Å². The number of hydrogen-bond donors (Lipinski definition) is 1. The summed E-state index contributed by atoms with van der Waals surface area (Å²) in [4.78, 5) is 18.6. The fraction of sp³-hybridized carbons (Fsp3) is 0.600. The molecule has 0 aliphatic heterocycles. The van der Waals surface area contributed by atoms with E-state index >= 15 is 0 Å². The average molecular weight is 261 g/mol. The molecule has 0 atom stereocenters. The molecule has 4 heteroatoms. The lowest BCUT2D eigenvalue weighted by atomic mass is 10.1. The van der Waals surface area contributed by atoms with Crippen LogP contribution in [-0.2, 0) is 0 Å². The zero-order valence-electron chi connectivity index (χ0n) is 11.9. The fourth-order valence-electron chi connectivity index (χ4n) is 2.71. The molecule has 0 radical (unpaired) electrons. The number of pyridine rings is 1. The van der Waals surface area contributed by atoms with Gasteiger partial charge in [-0.25, -0.2) is 4.98 Å².